The molecule has 1 aromatic carbocycles. The molecule has 0 aliphatic heterocycles. The van der Waals surface area contributed by atoms with Crippen LogP contribution in [0.15, 0.2) is 27.9 Å². The normalized spacial score (nSPS) is 11.0. The van der Waals surface area contributed by atoms with E-state index in [1.54, 1.807) is 18.3 Å². The van der Waals surface area contributed by atoms with Gasteiger partial charge in [-0.2, -0.15) is 0 Å². The SMILES string of the molecule is CC(C)C/C=N/OCCCOc1c(Cl)cc(OCC=C(Cl)Cl)cc1Cl. The minimum Gasteiger partial charge on any atom is -0.490 e. The first-order valence-corrected chi connectivity index (χ1v) is 9.31. The maximum Gasteiger partial charge on any atom is 0.156 e. The molecule has 0 bridgehead atoms. The molecule has 0 saturated heterocycles. The summed E-state index contributed by atoms with van der Waals surface area (Å²) in [7, 11) is 0. The molecular weight excluding hydrogens is 408 g/mol. The van der Waals surface area contributed by atoms with Crippen molar-refractivity contribution in [1.29, 1.82) is 0 Å². The maximum absolute atomic E-state index is 6.18. The summed E-state index contributed by atoms with van der Waals surface area (Å²) in [6, 6.07) is 3.23. The molecule has 0 amide bonds. The third kappa shape index (κ3) is 10.0. The number of benzene rings is 1. The highest BCUT2D eigenvalue weighted by Crippen LogP contribution is 2.37. The van der Waals surface area contributed by atoms with Crippen LogP contribution in [0.4, 0.5) is 0 Å². The molecule has 140 valence electrons. The van der Waals surface area contributed by atoms with Crippen molar-refractivity contribution in [2.75, 3.05) is 19.8 Å². The predicted octanol–water partition coefficient (Wildman–Crippen LogP) is 6.51. The largest absolute Gasteiger partial charge is 0.490 e. The Labute approximate surface area is 168 Å². The average molecular weight is 429 g/mol. The third-order valence-electron chi connectivity index (χ3n) is 2.81. The molecule has 25 heavy (non-hydrogen) atoms. The number of hydrogen-bond donors (Lipinski definition) is 0. The second-order valence-corrected chi connectivity index (χ2v) is 7.30. The van der Waals surface area contributed by atoms with Crippen LogP contribution in [0.2, 0.25) is 10.0 Å². The number of rotatable bonds is 11. The van der Waals surface area contributed by atoms with E-state index in [1.165, 1.54) is 6.08 Å². The van der Waals surface area contributed by atoms with Gasteiger partial charge in [0.1, 0.15) is 23.5 Å². The van der Waals surface area contributed by atoms with Gasteiger partial charge in [0.25, 0.3) is 0 Å². The van der Waals surface area contributed by atoms with Gasteiger partial charge < -0.3 is 14.3 Å². The van der Waals surface area contributed by atoms with E-state index in [0.717, 1.165) is 6.42 Å². The van der Waals surface area contributed by atoms with Gasteiger partial charge in [0.2, 0.25) is 0 Å². The first-order chi connectivity index (χ1) is 11.9. The van der Waals surface area contributed by atoms with Gasteiger partial charge in [-0.25, -0.2) is 0 Å². The topological polar surface area (TPSA) is 40.0 Å². The van der Waals surface area contributed by atoms with Crippen molar-refractivity contribution < 1.29 is 14.3 Å². The highest BCUT2D eigenvalue weighted by Gasteiger charge is 2.10. The van der Waals surface area contributed by atoms with E-state index in [9.17, 15) is 0 Å². The van der Waals surface area contributed by atoms with Crippen LogP contribution in [0.3, 0.4) is 0 Å². The van der Waals surface area contributed by atoms with Crippen molar-refractivity contribution >= 4 is 52.6 Å². The van der Waals surface area contributed by atoms with Crippen LogP contribution in [0.1, 0.15) is 26.7 Å². The van der Waals surface area contributed by atoms with Gasteiger partial charge in [0, 0.05) is 24.8 Å². The van der Waals surface area contributed by atoms with Crippen LogP contribution < -0.4 is 9.47 Å². The van der Waals surface area contributed by atoms with Crippen molar-refractivity contribution in [3.8, 4) is 11.5 Å². The highest BCUT2D eigenvalue weighted by molar-refractivity contribution is 6.55. The molecule has 0 N–H and O–H groups in total. The van der Waals surface area contributed by atoms with Gasteiger partial charge in [-0.05, 0) is 18.4 Å². The van der Waals surface area contributed by atoms with E-state index >= 15 is 0 Å². The lowest BCUT2D eigenvalue weighted by Gasteiger charge is -2.12. The summed E-state index contributed by atoms with van der Waals surface area (Å²) in [6.07, 6.45) is 4.83. The molecule has 1 aromatic rings. The molecule has 0 unspecified atom stereocenters. The number of nitrogens with zero attached hydrogens (tertiary/aromatic N) is 1. The fourth-order valence-electron chi connectivity index (χ4n) is 1.62. The highest BCUT2D eigenvalue weighted by atomic mass is 35.5. The van der Waals surface area contributed by atoms with Crippen LogP contribution in [0, 0.1) is 5.92 Å². The monoisotopic (exact) mass is 427 g/mol. The van der Waals surface area contributed by atoms with Crippen molar-refractivity contribution in [1.82, 2.24) is 0 Å². The number of hydrogen-bond acceptors (Lipinski definition) is 4. The Balaban J connectivity index is 2.38. The summed E-state index contributed by atoms with van der Waals surface area (Å²) in [5.74, 6) is 1.47. The zero-order valence-corrected chi connectivity index (χ0v) is 17.1. The van der Waals surface area contributed by atoms with E-state index in [2.05, 4.69) is 19.0 Å². The Hall–Kier alpha value is -0.810. The molecule has 0 saturated carbocycles. The summed E-state index contributed by atoms with van der Waals surface area (Å²) in [6.45, 7) is 5.31. The van der Waals surface area contributed by atoms with Gasteiger partial charge in [0.15, 0.2) is 5.75 Å². The summed E-state index contributed by atoms with van der Waals surface area (Å²) >= 11 is 23.4. The lowest BCUT2D eigenvalue weighted by atomic mass is 10.2. The van der Waals surface area contributed by atoms with Crippen molar-refractivity contribution in [2.24, 2.45) is 11.1 Å². The Morgan fingerprint density at radius 3 is 2.40 bits per heavy atom. The van der Waals surface area contributed by atoms with Gasteiger partial charge in [-0.3, -0.25) is 0 Å². The average Bonchev–Trinajstić information content (AvgIpc) is 2.51. The van der Waals surface area contributed by atoms with Crippen molar-refractivity contribution in [2.45, 2.75) is 26.7 Å². The minimum absolute atomic E-state index is 0.132. The van der Waals surface area contributed by atoms with E-state index in [0.29, 0.717) is 47.1 Å². The van der Waals surface area contributed by atoms with E-state index in [1.807, 2.05) is 0 Å². The van der Waals surface area contributed by atoms with Crippen molar-refractivity contribution in [3.63, 3.8) is 0 Å². The standard InChI is InChI=1S/C17H21Cl4NO3/c1-12(2)4-6-22-25-8-3-7-24-17-14(18)10-13(11-15(17)19)23-9-5-16(20)21/h5-6,10-12H,3-4,7-9H2,1-2H3/b22-6+. The van der Waals surface area contributed by atoms with E-state index in [-0.39, 0.29) is 11.1 Å². The fraction of sp³-hybridized carbons (Fsp3) is 0.471. The van der Waals surface area contributed by atoms with Crippen LogP contribution in [0.5, 0.6) is 11.5 Å². The second kappa shape index (κ2) is 12.5. The van der Waals surface area contributed by atoms with Crippen LogP contribution in [0.25, 0.3) is 0 Å². The Kier molecular flexibility index (Phi) is 11.1. The smallest absolute Gasteiger partial charge is 0.156 e. The lowest BCUT2D eigenvalue weighted by Crippen LogP contribution is -2.03. The molecule has 1 rings (SSSR count). The van der Waals surface area contributed by atoms with Crippen LogP contribution in [-0.4, -0.2) is 26.0 Å². The Morgan fingerprint density at radius 2 is 1.80 bits per heavy atom. The molecule has 8 heteroatoms. The number of oxime groups is 1. The quantitative estimate of drug-likeness (QED) is 0.229. The summed E-state index contributed by atoms with van der Waals surface area (Å²) in [4.78, 5) is 5.14. The van der Waals surface area contributed by atoms with Crippen LogP contribution >= 0.6 is 46.4 Å². The molecule has 0 aliphatic carbocycles. The zero-order chi connectivity index (χ0) is 18.7. The first kappa shape index (κ1) is 22.2. The van der Waals surface area contributed by atoms with E-state index < -0.39 is 0 Å². The molecule has 0 aromatic heterocycles. The maximum atomic E-state index is 6.18. The van der Waals surface area contributed by atoms with Crippen LogP contribution in [-0.2, 0) is 4.84 Å². The predicted molar refractivity (Wildman–Crippen MR) is 106 cm³/mol. The molecule has 0 spiro atoms. The third-order valence-corrected chi connectivity index (χ3v) is 3.68. The molecule has 4 nitrogen and oxygen atoms in total. The Bertz CT molecular complexity index is 564. The molecule has 0 heterocycles. The molecule has 0 aliphatic rings. The van der Waals surface area contributed by atoms with Gasteiger partial charge in [-0.15, -0.1) is 0 Å². The van der Waals surface area contributed by atoms with Gasteiger partial charge in [-0.1, -0.05) is 65.4 Å². The van der Waals surface area contributed by atoms with Crippen molar-refractivity contribution in [3.05, 3.63) is 32.7 Å². The summed E-state index contributed by atoms with van der Waals surface area (Å²) in [5.41, 5.74) is 0. The molecule has 0 fully saturated rings. The number of ether oxygens (including phenoxy) is 2. The van der Waals surface area contributed by atoms with Gasteiger partial charge >= 0.3 is 0 Å². The minimum atomic E-state index is 0.132. The summed E-state index contributed by atoms with van der Waals surface area (Å²) < 4.78 is 11.2. The Morgan fingerprint density at radius 1 is 1.12 bits per heavy atom. The summed E-state index contributed by atoms with van der Waals surface area (Å²) in [5, 5.41) is 4.59. The molecule has 0 radical (unpaired) electrons. The van der Waals surface area contributed by atoms with E-state index in [4.69, 9.17) is 60.7 Å². The molecule has 0 atom stereocenters. The fourth-order valence-corrected chi connectivity index (χ4v) is 2.32. The lowest BCUT2D eigenvalue weighted by molar-refractivity contribution is 0.128. The zero-order valence-electron chi connectivity index (χ0n) is 14.1. The van der Waals surface area contributed by atoms with Gasteiger partial charge in [0.05, 0.1) is 16.7 Å². The first-order valence-electron chi connectivity index (χ1n) is 7.79. The second-order valence-electron chi connectivity index (χ2n) is 5.47. The number of halogens is 4. The molecular formula is C17H21Cl4NO3.